The molecule has 248 valence electrons. The SMILES string of the molecule is C=C(CC(CCCCCCCCCCCCCC)CCCCCCCCCCCCCCCC)C(=O)O.C=CC(=O)O. The molecular weight excluding hydrogens is 520 g/mol. The summed E-state index contributed by atoms with van der Waals surface area (Å²) in [5.41, 5.74) is 0.411. The van der Waals surface area contributed by atoms with E-state index in [0.717, 1.165) is 6.08 Å². The molecule has 0 fully saturated rings. The molecule has 0 rings (SSSR count). The monoisotopic (exact) mass is 593 g/mol. The van der Waals surface area contributed by atoms with Crippen molar-refractivity contribution in [1.29, 1.82) is 0 Å². The summed E-state index contributed by atoms with van der Waals surface area (Å²) >= 11 is 0. The molecule has 4 nitrogen and oxygen atoms in total. The second-order valence-corrected chi connectivity index (χ2v) is 12.6. The molecule has 0 saturated heterocycles. The van der Waals surface area contributed by atoms with Crippen LogP contribution in [0, 0.1) is 5.92 Å². The van der Waals surface area contributed by atoms with Crippen LogP contribution in [0.4, 0.5) is 0 Å². The summed E-state index contributed by atoms with van der Waals surface area (Å²) in [4.78, 5) is 20.6. The summed E-state index contributed by atoms with van der Waals surface area (Å²) < 4.78 is 0. The van der Waals surface area contributed by atoms with Crippen LogP contribution in [0.5, 0.6) is 0 Å². The highest BCUT2D eigenvalue weighted by Gasteiger charge is 2.14. The van der Waals surface area contributed by atoms with Crippen LogP contribution in [-0.2, 0) is 9.59 Å². The fraction of sp³-hybridized carbons (Fsp3) is 0.842. The maximum Gasteiger partial charge on any atom is 0.330 e. The Balaban J connectivity index is 0. The molecule has 0 aromatic carbocycles. The van der Waals surface area contributed by atoms with E-state index in [9.17, 15) is 14.7 Å². The van der Waals surface area contributed by atoms with Gasteiger partial charge in [0.05, 0.1) is 0 Å². The van der Waals surface area contributed by atoms with Crippen molar-refractivity contribution in [1.82, 2.24) is 0 Å². The van der Waals surface area contributed by atoms with Crippen LogP contribution in [-0.4, -0.2) is 22.2 Å². The summed E-state index contributed by atoms with van der Waals surface area (Å²) in [7, 11) is 0. The first kappa shape index (κ1) is 42.6. The number of unbranched alkanes of at least 4 members (excludes halogenated alkanes) is 24. The molecule has 0 bridgehead atoms. The standard InChI is InChI=1S/C35H68O2.C3H4O2/c1-4-6-8-10-12-14-16-18-19-21-23-25-27-29-31-34(32-33(3)35(36)37)30-28-26-24-22-20-17-15-13-11-9-7-5-2;1-2-3(4)5/h34H,3-32H2,1-2H3,(H,36,37);2H,1H2,(H,4,5). The molecule has 42 heavy (non-hydrogen) atoms. The number of carboxylic acid groups (broad SMARTS) is 2. The topological polar surface area (TPSA) is 74.6 Å². The lowest BCUT2D eigenvalue weighted by Gasteiger charge is -2.17. The minimum atomic E-state index is -0.981. The van der Waals surface area contributed by atoms with E-state index in [1.54, 1.807) is 0 Å². The fourth-order valence-corrected chi connectivity index (χ4v) is 5.69. The van der Waals surface area contributed by atoms with Gasteiger partial charge in [0.1, 0.15) is 0 Å². The molecular formula is C38H72O4. The number of rotatable bonds is 32. The zero-order chi connectivity index (χ0) is 31.5. The summed E-state index contributed by atoms with van der Waals surface area (Å²) in [6, 6.07) is 0. The van der Waals surface area contributed by atoms with Crippen molar-refractivity contribution < 1.29 is 19.8 Å². The lowest BCUT2D eigenvalue weighted by molar-refractivity contribution is -0.133. The van der Waals surface area contributed by atoms with E-state index < -0.39 is 11.9 Å². The third-order valence-electron chi connectivity index (χ3n) is 8.44. The lowest BCUT2D eigenvalue weighted by Crippen LogP contribution is -2.08. The largest absolute Gasteiger partial charge is 0.478 e. The van der Waals surface area contributed by atoms with Crippen molar-refractivity contribution in [2.75, 3.05) is 0 Å². The molecule has 0 amide bonds. The first-order chi connectivity index (χ1) is 20.4. The third kappa shape index (κ3) is 36.4. The van der Waals surface area contributed by atoms with Gasteiger partial charge < -0.3 is 10.2 Å². The summed E-state index contributed by atoms with van der Waals surface area (Å²) in [5, 5.41) is 16.9. The van der Waals surface area contributed by atoms with Crippen molar-refractivity contribution >= 4 is 11.9 Å². The Morgan fingerprint density at radius 2 is 0.762 bits per heavy atom. The molecule has 0 radical (unpaired) electrons. The number of hydrogen-bond donors (Lipinski definition) is 2. The Labute approximate surface area is 262 Å². The summed E-state index contributed by atoms with van der Waals surface area (Å²) in [6.07, 6.45) is 39.9. The molecule has 0 heterocycles. The highest BCUT2D eigenvalue weighted by atomic mass is 16.4. The van der Waals surface area contributed by atoms with Crippen LogP contribution in [0.3, 0.4) is 0 Å². The fourth-order valence-electron chi connectivity index (χ4n) is 5.69. The normalized spacial score (nSPS) is 11.5. The van der Waals surface area contributed by atoms with E-state index in [1.807, 2.05) is 0 Å². The van der Waals surface area contributed by atoms with Crippen LogP contribution in [0.15, 0.2) is 24.8 Å². The first-order valence-electron chi connectivity index (χ1n) is 18.1. The van der Waals surface area contributed by atoms with Crippen molar-refractivity contribution in [2.24, 2.45) is 5.92 Å². The first-order valence-corrected chi connectivity index (χ1v) is 18.1. The molecule has 0 aliphatic heterocycles. The zero-order valence-electron chi connectivity index (χ0n) is 28.3. The Morgan fingerprint density at radius 1 is 0.524 bits per heavy atom. The summed E-state index contributed by atoms with van der Waals surface area (Å²) in [5.74, 6) is -1.27. The third-order valence-corrected chi connectivity index (χ3v) is 8.44. The van der Waals surface area contributed by atoms with E-state index in [0.29, 0.717) is 17.9 Å². The Kier molecular flexibility index (Phi) is 36.1. The van der Waals surface area contributed by atoms with Gasteiger partial charge in [-0.3, -0.25) is 0 Å². The van der Waals surface area contributed by atoms with Gasteiger partial charge in [-0.2, -0.15) is 0 Å². The highest BCUT2D eigenvalue weighted by Crippen LogP contribution is 2.25. The molecule has 0 aliphatic rings. The average molecular weight is 593 g/mol. The van der Waals surface area contributed by atoms with Crippen LogP contribution in [0.2, 0.25) is 0 Å². The molecule has 4 heteroatoms. The van der Waals surface area contributed by atoms with Gasteiger partial charge in [0.15, 0.2) is 0 Å². The molecule has 1 atom stereocenters. The molecule has 0 aromatic heterocycles. The molecule has 1 unspecified atom stereocenters. The predicted octanol–water partition coefficient (Wildman–Crippen LogP) is 12.9. The summed E-state index contributed by atoms with van der Waals surface area (Å²) in [6.45, 7) is 11.4. The second kappa shape index (κ2) is 35.6. The smallest absolute Gasteiger partial charge is 0.330 e. The van der Waals surface area contributed by atoms with E-state index in [1.165, 1.54) is 180 Å². The highest BCUT2D eigenvalue weighted by molar-refractivity contribution is 5.85. The van der Waals surface area contributed by atoms with Gasteiger partial charge in [-0.25, -0.2) is 9.59 Å². The maximum atomic E-state index is 11.3. The van der Waals surface area contributed by atoms with E-state index in [4.69, 9.17) is 5.11 Å². The number of aliphatic carboxylic acids is 2. The zero-order valence-corrected chi connectivity index (χ0v) is 28.3. The predicted molar refractivity (Wildman–Crippen MR) is 183 cm³/mol. The molecule has 2 N–H and O–H groups in total. The van der Waals surface area contributed by atoms with Gasteiger partial charge in [0.25, 0.3) is 0 Å². The molecule has 0 aliphatic carbocycles. The number of hydrogen-bond acceptors (Lipinski definition) is 2. The van der Waals surface area contributed by atoms with Crippen LogP contribution < -0.4 is 0 Å². The Morgan fingerprint density at radius 3 is 0.976 bits per heavy atom. The van der Waals surface area contributed by atoms with Gasteiger partial charge >= 0.3 is 11.9 Å². The lowest BCUT2D eigenvalue weighted by atomic mass is 9.89. The maximum absolute atomic E-state index is 11.3. The van der Waals surface area contributed by atoms with E-state index in [-0.39, 0.29) is 0 Å². The molecule has 0 spiro atoms. The molecule has 0 aromatic rings. The van der Waals surface area contributed by atoms with Crippen molar-refractivity contribution in [3.8, 4) is 0 Å². The number of carbonyl (C=O) groups is 2. The quantitative estimate of drug-likeness (QED) is 0.0602. The van der Waals surface area contributed by atoms with E-state index in [2.05, 4.69) is 27.0 Å². The van der Waals surface area contributed by atoms with E-state index >= 15 is 0 Å². The van der Waals surface area contributed by atoms with Crippen LogP contribution in [0.25, 0.3) is 0 Å². The number of carboxylic acids is 2. The van der Waals surface area contributed by atoms with Gasteiger partial charge in [0, 0.05) is 11.6 Å². The molecule has 0 saturated carbocycles. The second-order valence-electron chi connectivity index (χ2n) is 12.6. The van der Waals surface area contributed by atoms with Gasteiger partial charge in [0.2, 0.25) is 0 Å². The van der Waals surface area contributed by atoms with Crippen molar-refractivity contribution in [2.45, 2.75) is 200 Å². The van der Waals surface area contributed by atoms with Gasteiger partial charge in [-0.1, -0.05) is 207 Å². The van der Waals surface area contributed by atoms with Gasteiger partial charge in [-0.05, 0) is 12.3 Å². The Hall–Kier alpha value is -1.58. The Bertz CT molecular complexity index is 612. The van der Waals surface area contributed by atoms with Crippen LogP contribution >= 0.6 is 0 Å². The minimum absolute atomic E-state index is 0.411. The van der Waals surface area contributed by atoms with Gasteiger partial charge in [-0.15, -0.1) is 0 Å². The van der Waals surface area contributed by atoms with Crippen LogP contribution in [0.1, 0.15) is 200 Å². The minimum Gasteiger partial charge on any atom is -0.478 e. The van der Waals surface area contributed by atoms with Crippen molar-refractivity contribution in [3.63, 3.8) is 0 Å². The van der Waals surface area contributed by atoms with Crippen molar-refractivity contribution in [3.05, 3.63) is 24.8 Å². The average Bonchev–Trinajstić information content (AvgIpc) is 2.97.